The second kappa shape index (κ2) is 8.62. The molecule has 3 aromatic rings. The molecule has 0 bridgehead atoms. The number of aryl methyl sites for hydroxylation is 2. The Morgan fingerprint density at radius 2 is 1.90 bits per heavy atom. The Labute approximate surface area is 177 Å². The van der Waals surface area contributed by atoms with Crippen molar-refractivity contribution in [3.63, 3.8) is 0 Å². The summed E-state index contributed by atoms with van der Waals surface area (Å²) in [6, 6.07) is 22.8. The fourth-order valence-corrected chi connectivity index (χ4v) is 4.51. The first-order chi connectivity index (χ1) is 14.6. The fourth-order valence-electron chi connectivity index (χ4n) is 4.51. The maximum absolute atomic E-state index is 11.4. The summed E-state index contributed by atoms with van der Waals surface area (Å²) in [6.45, 7) is 2.60. The Balaban J connectivity index is 1.66. The molecule has 0 heterocycles. The predicted molar refractivity (Wildman–Crippen MR) is 120 cm³/mol. The lowest BCUT2D eigenvalue weighted by Crippen LogP contribution is -2.39. The number of nitrogens with zero attached hydrogens (tertiary/aromatic N) is 1. The number of hydrogen-bond acceptors (Lipinski definition) is 3. The third-order valence-corrected chi connectivity index (χ3v) is 6.04. The lowest BCUT2D eigenvalue weighted by Gasteiger charge is -2.37. The smallest absolute Gasteiger partial charge is 0.335 e. The van der Waals surface area contributed by atoms with Crippen LogP contribution in [0.25, 0.3) is 0 Å². The van der Waals surface area contributed by atoms with Gasteiger partial charge in [-0.3, -0.25) is 0 Å². The maximum atomic E-state index is 11.4. The summed E-state index contributed by atoms with van der Waals surface area (Å²) in [6.07, 6.45) is 3.03. The van der Waals surface area contributed by atoms with Crippen molar-refractivity contribution in [2.24, 2.45) is 0 Å². The van der Waals surface area contributed by atoms with Gasteiger partial charge in [0.05, 0.1) is 12.7 Å². The van der Waals surface area contributed by atoms with Crippen LogP contribution in [0.2, 0.25) is 0 Å². The van der Waals surface area contributed by atoms with Crippen molar-refractivity contribution in [1.82, 2.24) is 0 Å². The first kappa shape index (κ1) is 20.0. The maximum Gasteiger partial charge on any atom is 0.335 e. The van der Waals surface area contributed by atoms with Gasteiger partial charge in [0.2, 0.25) is 0 Å². The summed E-state index contributed by atoms with van der Waals surface area (Å²) < 4.78 is 5.64. The van der Waals surface area contributed by atoms with Crippen LogP contribution in [0.3, 0.4) is 0 Å². The van der Waals surface area contributed by atoms with Crippen molar-refractivity contribution < 1.29 is 14.6 Å². The highest BCUT2D eigenvalue weighted by atomic mass is 16.5. The van der Waals surface area contributed by atoms with Gasteiger partial charge in [0.1, 0.15) is 5.75 Å². The van der Waals surface area contributed by atoms with Crippen LogP contribution in [-0.2, 0) is 19.4 Å². The third-order valence-electron chi connectivity index (χ3n) is 6.04. The molecule has 0 aliphatic heterocycles. The zero-order valence-corrected chi connectivity index (χ0v) is 17.5. The number of rotatable bonds is 6. The van der Waals surface area contributed by atoms with Crippen molar-refractivity contribution in [2.45, 2.75) is 38.8 Å². The summed E-state index contributed by atoms with van der Waals surface area (Å²) in [7, 11) is 1.74. The van der Waals surface area contributed by atoms with E-state index in [0.717, 1.165) is 42.7 Å². The second-order valence-corrected chi connectivity index (χ2v) is 7.91. The molecule has 154 valence electrons. The molecule has 0 saturated carbocycles. The van der Waals surface area contributed by atoms with Gasteiger partial charge in [0.15, 0.2) is 0 Å². The molecule has 4 heteroatoms. The average molecular weight is 402 g/mol. The van der Waals surface area contributed by atoms with Crippen molar-refractivity contribution in [3.8, 4) is 5.75 Å². The molecule has 0 amide bonds. The number of hydrogen-bond donors (Lipinski definition) is 1. The van der Waals surface area contributed by atoms with Gasteiger partial charge in [-0.2, -0.15) is 0 Å². The molecule has 4 nitrogen and oxygen atoms in total. The van der Waals surface area contributed by atoms with E-state index in [2.05, 4.69) is 41.3 Å². The Bertz CT molecular complexity index is 1030. The number of carboxylic acid groups (broad SMARTS) is 1. The van der Waals surface area contributed by atoms with E-state index in [1.807, 2.05) is 31.2 Å². The number of fused-ring (bicyclic) bond motifs is 1. The van der Waals surface area contributed by atoms with E-state index >= 15 is 0 Å². The van der Waals surface area contributed by atoms with E-state index in [4.69, 9.17) is 4.74 Å². The van der Waals surface area contributed by atoms with Crippen LogP contribution in [0.1, 0.15) is 39.0 Å². The minimum atomic E-state index is -0.880. The van der Waals surface area contributed by atoms with Gasteiger partial charge >= 0.3 is 5.97 Å². The van der Waals surface area contributed by atoms with E-state index in [1.54, 1.807) is 13.2 Å². The van der Waals surface area contributed by atoms with Crippen LogP contribution < -0.4 is 9.64 Å². The Kier molecular flexibility index (Phi) is 5.75. The second-order valence-electron chi connectivity index (χ2n) is 7.91. The fraction of sp³-hybridized carbons (Fsp3) is 0.269. The molecule has 1 aliphatic carbocycles. The Morgan fingerprint density at radius 1 is 1.10 bits per heavy atom. The van der Waals surface area contributed by atoms with Gasteiger partial charge in [0, 0.05) is 18.3 Å². The largest absolute Gasteiger partial charge is 0.496 e. The molecule has 0 spiro atoms. The minimum Gasteiger partial charge on any atom is -0.496 e. The first-order valence-corrected chi connectivity index (χ1v) is 10.4. The Morgan fingerprint density at radius 3 is 2.60 bits per heavy atom. The molecular formula is C26H27NO3. The summed E-state index contributed by atoms with van der Waals surface area (Å²) in [5.41, 5.74) is 6.13. The molecule has 0 aromatic heterocycles. The molecule has 1 N–H and O–H groups in total. The van der Waals surface area contributed by atoms with Crippen molar-refractivity contribution in [1.29, 1.82) is 0 Å². The van der Waals surface area contributed by atoms with Gasteiger partial charge in [0.25, 0.3) is 0 Å². The summed E-state index contributed by atoms with van der Waals surface area (Å²) in [5.74, 6) is 0.0850. The minimum absolute atomic E-state index is 0.343. The van der Waals surface area contributed by atoms with E-state index in [9.17, 15) is 9.90 Å². The summed E-state index contributed by atoms with van der Waals surface area (Å²) in [5, 5.41) is 9.34. The van der Waals surface area contributed by atoms with Crippen molar-refractivity contribution >= 4 is 11.7 Å². The predicted octanol–water partition coefficient (Wildman–Crippen LogP) is 5.27. The molecule has 30 heavy (non-hydrogen) atoms. The molecule has 0 radical (unpaired) electrons. The van der Waals surface area contributed by atoms with E-state index in [-0.39, 0.29) is 0 Å². The Hall–Kier alpha value is -3.27. The summed E-state index contributed by atoms with van der Waals surface area (Å²) in [4.78, 5) is 13.8. The number of methoxy groups -OCH3 is 1. The highest BCUT2D eigenvalue weighted by molar-refractivity contribution is 5.89. The number of carboxylic acids is 1. The SMILES string of the molecule is COc1cccc2c1CC(N(Cc1ccc(C(=O)O)c(C)c1)c1ccccc1)CC2. The molecule has 1 atom stereocenters. The molecule has 1 aliphatic rings. The zero-order valence-electron chi connectivity index (χ0n) is 17.5. The number of para-hydroxylation sites is 1. The zero-order chi connectivity index (χ0) is 21.1. The van der Waals surface area contributed by atoms with Crippen LogP contribution in [0.15, 0.2) is 66.7 Å². The van der Waals surface area contributed by atoms with Gasteiger partial charge in [-0.25, -0.2) is 4.79 Å². The number of ether oxygens (including phenoxy) is 1. The molecule has 0 fully saturated rings. The first-order valence-electron chi connectivity index (χ1n) is 10.4. The van der Waals surface area contributed by atoms with Gasteiger partial charge in [-0.15, -0.1) is 0 Å². The summed E-state index contributed by atoms with van der Waals surface area (Å²) >= 11 is 0. The van der Waals surface area contributed by atoms with Crippen LogP contribution in [0, 0.1) is 6.92 Å². The van der Waals surface area contributed by atoms with Gasteiger partial charge in [-0.05, 0) is 72.7 Å². The van der Waals surface area contributed by atoms with E-state index in [0.29, 0.717) is 11.6 Å². The van der Waals surface area contributed by atoms with Crippen LogP contribution in [-0.4, -0.2) is 24.2 Å². The van der Waals surface area contributed by atoms with Crippen LogP contribution >= 0.6 is 0 Å². The quantitative estimate of drug-likeness (QED) is 0.612. The van der Waals surface area contributed by atoms with Gasteiger partial charge < -0.3 is 14.7 Å². The topological polar surface area (TPSA) is 49.8 Å². The molecular weight excluding hydrogens is 374 g/mol. The number of anilines is 1. The van der Waals surface area contributed by atoms with E-state index < -0.39 is 5.97 Å². The van der Waals surface area contributed by atoms with E-state index in [1.165, 1.54) is 16.8 Å². The third kappa shape index (κ3) is 4.04. The number of benzene rings is 3. The molecule has 1 unspecified atom stereocenters. The lowest BCUT2D eigenvalue weighted by atomic mass is 9.86. The van der Waals surface area contributed by atoms with Crippen LogP contribution in [0.5, 0.6) is 5.75 Å². The van der Waals surface area contributed by atoms with Crippen molar-refractivity contribution in [3.05, 3.63) is 94.5 Å². The molecule has 4 rings (SSSR count). The monoisotopic (exact) mass is 401 g/mol. The van der Waals surface area contributed by atoms with Crippen LogP contribution in [0.4, 0.5) is 5.69 Å². The highest BCUT2D eigenvalue weighted by Crippen LogP contribution is 2.34. The number of aromatic carboxylic acids is 1. The van der Waals surface area contributed by atoms with Crippen molar-refractivity contribution in [2.75, 3.05) is 12.0 Å². The molecule has 3 aromatic carbocycles. The highest BCUT2D eigenvalue weighted by Gasteiger charge is 2.27. The average Bonchev–Trinajstić information content (AvgIpc) is 2.77. The molecule has 0 saturated heterocycles. The standard InChI is InChI=1S/C26H27NO3/c1-18-15-19(11-14-23(18)26(28)29)17-27(21-8-4-3-5-9-21)22-13-12-20-7-6-10-25(30-2)24(20)16-22/h3-11,14-15,22H,12-13,16-17H2,1-2H3,(H,28,29). The lowest BCUT2D eigenvalue weighted by molar-refractivity contribution is 0.0696. The normalized spacial score (nSPS) is 15.3. The van der Waals surface area contributed by atoms with Gasteiger partial charge in [-0.1, -0.05) is 42.5 Å². The number of carbonyl (C=O) groups is 1.